The maximum atomic E-state index is 9.01. The minimum absolute atomic E-state index is 0. The predicted molar refractivity (Wildman–Crippen MR) is 81.5 cm³/mol. The van der Waals surface area contributed by atoms with Gasteiger partial charge in [0.1, 0.15) is 0 Å². The minimum atomic E-state index is 0. The summed E-state index contributed by atoms with van der Waals surface area (Å²) in [7, 11) is 0. The molecule has 1 rings (SSSR count). The van der Waals surface area contributed by atoms with Gasteiger partial charge < -0.3 is 15.7 Å². The van der Waals surface area contributed by atoms with Gasteiger partial charge in [-0.2, -0.15) is 0 Å². The van der Waals surface area contributed by atoms with Crippen LogP contribution in [0, 0.1) is 12.3 Å². The Balaban J connectivity index is 0. The fourth-order valence-corrected chi connectivity index (χ4v) is 1.57. The van der Waals surface area contributed by atoms with E-state index in [1.807, 2.05) is 30.0 Å². The second kappa shape index (κ2) is 10.00. The summed E-state index contributed by atoms with van der Waals surface area (Å²) in [6.45, 7) is 3.37. The molecule has 4 nitrogen and oxygen atoms in total. The number of anilines is 1. The molecule has 0 unspecified atom stereocenters. The Labute approximate surface area is 121 Å². The first-order chi connectivity index (χ1) is 7.63. The van der Waals surface area contributed by atoms with Gasteiger partial charge in [0, 0.05) is 25.2 Å². The van der Waals surface area contributed by atoms with Crippen LogP contribution in [0.1, 0.15) is 12.0 Å². The van der Waals surface area contributed by atoms with Gasteiger partial charge in [0.15, 0.2) is 0 Å². The molecule has 4 N–H and O–H groups in total. The number of nitrogens with two attached hydrogens (primary N) is 1. The van der Waals surface area contributed by atoms with Crippen molar-refractivity contribution < 1.29 is 5.11 Å². The predicted octanol–water partition coefficient (Wildman–Crippen LogP) is 1.96. The van der Waals surface area contributed by atoms with E-state index in [1.54, 1.807) is 0 Å². The third-order valence-corrected chi connectivity index (χ3v) is 2.39. The van der Waals surface area contributed by atoms with Crippen molar-refractivity contribution in [1.29, 1.82) is 5.41 Å². The summed E-state index contributed by atoms with van der Waals surface area (Å²) >= 11 is 0. The molecular formula is C12H21Cl2N3O. The standard InChI is InChI=1S/C12H19N3O.2ClH/c1-10-3-2-4-11(9-10)15(7-8-16)6-5-12(13)14;;/h2-4,9,16H,5-8H2,1H3,(H3,13,14);2*1H. The summed E-state index contributed by atoms with van der Waals surface area (Å²) < 4.78 is 0. The van der Waals surface area contributed by atoms with Crippen LogP contribution in [0.4, 0.5) is 5.69 Å². The lowest BCUT2D eigenvalue weighted by molar-refractivity contribution is 0.302. The van der Waals surface area contributed by atoms with Gasteiger partial charge in [-0.15, -0.1) is 24.8 Å². The Morgan fingerprint density at radius 3 is 2.50 bits per heavy atom. The van der Waals surface area contributed by atoms with Crippen LogP contribution >= 0.6 is 24.8 Å². The molecule has 1 aromatic carbocycles. The van der Waals surface area contributed by atoms with E-state index in [0.29, 0.717) is 19.5 Å². The van der Waals surface area contributed by atoms with Crippen molar-refractivity contribution in [2.24, 2.45) is 5.73 Å². The Bertz CT molecular complexity index is 361. The zero-order valence-electron chi connectivity index (χ0n) is 10.4. The third-order valence-electron chi connectivity index (χ3n) is 2.39. The van der Waals surface area contributed by atoms with E-state index in [2.05, 4.69) is 6.07 Å². The molecule has 0 saturated carbocycles. The highest BCUT2D eigenvalue weighted by molar-refractivity contribution is 5.85. The van der Waals surface area contributed by atoms with Crippen molar-refractivity contribution in [3.8, 4) is 0 Å². The molecule has 0 heterocycles. The van der Waals surface area contributed by atoms with E-state index in [0.717, 1.165) is 5.69 Å². The Hall–Kier alpha value is -0.970. The molecule has 0 atom stereocenters. The van der Waals surface area contributed by atoms with Crippen LogP contribution in [0.25, 0.3) is 0 Å². The minimum Gasteiger partial charge on any atom is -0.395 e. The highest BCUT2D eigenvalue weighted by Crippen LogP contribution is 2.15. The Morgan fingerprint density at radius 1 is 1.33 bits per heavy atom. The van der Waals surface area contributed by atoms with E-state index in [4.69, 9.17) is 16.2 Å². The van der Waals surface area contributed by atoms with Crippen molar-refractivity contribution >= 4 is 36.3 Å². The average molecular weight is 294 g/mol. The fraction of sp³-hybridized carbons (Fsp3) is 0.417. The zero-order valence-corrected chi connectivity index (χ0v) is 12.1. The topological polar surface area (TPSA) is 73.3 Å². The van der Waals surface area contributed by atoms with E-state index in [9.17, 15) is 0 Å². The first-order valence-electron chi connectivity index (χ1n) is 5.39. The van der Waals surface area contributed by atoms with Gasteiger partial charge in [-0.1, -0.05) is 12.1 Å². The van der Waals surface area contributed by atoms with Crippen molar-refractivity contribution in [3.05, 3.63) is 29.8 Å². The number of benzene rings is 1. The second-order valence-corrected chi connectivity index (χ2v) is 3.82. The first-order valence-corrected chi connectivity index (χ1v) is 5.39. The molecule has 18 heavy (non-hydrogen) atoms. The van der Waals surface area contributed by atoms with E-state index >= 15 is 0 Å². The SMILES string of the molecule is Cc1cccc(N(CCO)CCC(=N)N)c1.Cl.Cl. The van der Waals surface area contributed by atoms with E-state index in [-0.39, 0.29) is 37.3 Å². The maximum absolute atomic E-state index is 9.01. The van der Waals surface area contributed by atoms with Gasteiger partial charge in [0.25, 0.3) is 0 Å². The molecule has 0 aliphatic rings. The molecule has 0 aliphatic heterocycles. The number of nitrogens with one attached hydrogen (secondary N) is 1. The summed E-state index contributed by atoms with van der Waals surface area (Å²) in [4.78, 5) is 2.04. The lowest BCUT2D eigenvalue weighted by atomic mass is 10.2. The van der Waals surface area contributed by atoms with Crippen molar-refractivity contribution in [2.45, 2.75) is 13.3 Å². The van der Waals surface area contributed by atoms with Gasteiger partial charge in [0.2, 0.25) is 0 Å². The first kappa shape index (κ1) is 19.4. The van der Waals surface area contributed by atoms with Gasteiger partial charge in [-0.05, 0) is 24.6 Å². The summed E-state index contributed by atoms with van der Waals surface area (Å²) in [6, 6.07) is 8.09. The molecule has 1 aromatic rings. The summed E-state index contributed by atoms with van der Waals surface area (Å²) in [5.41, 5.74) is 7.59. The number of aliphatic hydroxyl groups is 1. The van der Waals surface area contributed by atoms with Gasteiger partial charge >= 0.3 is 0 Å². The fourth-order valence-electron chi connectivity index (χ4n) is 1.57. The van der Waals surface area contributed by atoms with Crippen LogP contribution in [0.2, 0.25) is 0 Å². The number of hydrogen-bond donors (Lipinski definition) is 3. The van der Waals surface area contributed by atoms with Crippen LogP contribution in [0.3, 0.4) is 0 Å². The smallest absolute Gasteiger partial charge is 0.0923 e. The molecule has 0 saturated heterocycles. The molecule has 0 radical (unpaired) electrons. The molecule has 104 valence electrons. The van der Waals surface area contributed by atoms with Crippen molar-refractivity contribution in [1.82, 2.24) is 0 Å². The molecule has 0 spiro atoms. The van der Waals surface area contributed by atoms with Crippen molar-refractivity contribution in [3.63, 3.8) is 0 Å². The van der Waals surface area contributed by atoms with Crippen LogP contribution in [0.5, 0.6) is 0 Å². The zero-order chi connectivity index (χ0) is 12.0. The maximum Gasteiger partial charge on any atom is 0.0923 e. The number of halogens is 2. The summed E-state index contributed by atoms with van der Waals surface area (Å²) in [5.74, 6) is 0.176. The van der Waals surface area contributed by atoms with Gasteiger partial charge in [-0.25, -0.2) is 0 Å². The van der Waals surface area contributed by atoms with Crippen LogP contribution in [0.15, 0.2) is 24.3 Å². The van der Waals surface area contributed by atoms with E-state index in [1.165, 1.54) is 5.56 Å². The van der Waals surface area contributed by atoms with Crippen LogP contribution in [-0.4, -0.2) is 30.6 Å². The second-order valence-electron chi connectivity index (χ2n) is 3.82. The largest absolute Gasteiger partial charge is 0.395 e. The molecular weight excluding hydrogens is 273 g/mol. The Morgan fingerprint density at radius 2 is 2.00 bits per heavy atom. The van der Waals surface area contributed by atoms with Gasteiger partial charge in [0.05, 0.1) is 12.4 Å². The number of aliphatic hydroxyl groups excluding tert-OH is 1. The molecule has 6 heteroatoms. The number of rotatable bonds is 6. The Kier molecular flexibility index (Phi) is 10.8. The van der Waals surface area contributed by atoms with E-state index < -0.39 is 0 Å². The van der Waals surface area contributed by atoms with Crippen LogP contribution < -0.4 is 10.6 Å². The lowest BCUT2D eigenvalue weighted by Crippen LogP contribution is -2.30. The third kappa shape index (κ3) is 6.69. The molecule has 0 amide bonds. The molecule has 0 bridgehead atoms. The number of hydrogen-bond acceptors (Lipinski definition) is 3. The quantitative estimate of drug-likeness (QED) is 0.554. The number of amidine groups is 1. The van der Waals surface area contributed by atoms with Crippen LogP contribution in [-0.2, 0) is 0 Å². The average Bonchev–Trinajstić information content (AvgIpc) is 2.24. The molecule has 0 aromatic heterocycles. The number of nitrogens with zero attached hydrogens (tertiary/aromatic N) is 1. The lowest BCUT2D eigenvalue weighted by Gasteiger charge is -2.24. The normalized spacial score (nSPS) is 9.00. The summed E-state index contributed by atoms with van der Waals surface area (Å²) in [5, 5.41) is 16.2. The highest BCUT2D eigenvalue weighted by Gasteiger charge is 2.06. The van der Waals surface area contributed by atoms with Gasteiger partial charge in [-0.3, -0.25) is 5.41 Å². The monoisotopic (exact) mass is 293 g/mol. The summed E-state index contributed by atoms with van der Waals surface area (Å²) in [6.07, 6.45) is 0.522. The highest BCUT2D eigenvalue weighted by atomic mass is 35.5. The van der Waals surface area contributed by atoms with Crippen molar-refractivity contribution in [2.75, 3.05) is 24.6 Å². The molecule has 0 aliphatic carbocycles. The number of aryl methyl sites for hydroxylation is 1. The molecule has 0 fully saturated rings.